The van der Waals surface area contributed by atoms with Crippen LogP contribution in [0.15, 0.2) is 40.8 Å². The highest BCUT2D eigenvalue weighted by atomic mass is 35.5. The maximum Gasteiger partial charge on any atom is 0.110 e. The van der Waals surface area contributed by atoms with Gasteiger partial charge in [-0.05, 0) is 30.5 Å². The molecule has 0 aliphatic rings. The summed E-state index contributed by atoms with van der Waals surface area (Å²) in [5, 5.41) is 2.45. The van der Waals surface area contributed by atoms with Crippen LogP contribution in [0.5, 0.6) is 0 Å². The molecule has 0 bridgehead atoms. The number of aromatic nitrogens is 2. The summed E-state index contributed by atoms with van der Waals surface area (Å²) in [6.07, 6.45) is 3.95. The van der Waals surface area contributed by atoms with E-state index in [9.17, 15) is 0 Å². The first-order chi connectivity index (χ1) is 11.0. The Morgan fingerprint density at radius 2 is 1.91 bits per heavy atom. The van der Waals surface area contributed by atoms with E-state index in [1.807, 2.05) is 18.2 Å². The van der Waals surface area contributed by atoms with Gasteiger partial charge in [0.25, 0.3) is 0 Å². The molecule has 1 heterocycles. The zero-order valence-corrected chi connectivity index (χ0v) is 16.1. The van der Waals surface area contributed by atoms with Crippen LogP contribution < -0.4 is 0 Å². The van der Waals surface area contributed by atoms with Gasteiger partial charge >= 0.3 is 0 Å². The normalized spacial score (nSPS) is 11.2. The smallest absolute Gasteiger partial charge is 0.110 e. The summed E-state index contributed by atoms with van der Waals surface area (Å²) < 4.78 is 2.26. The van der Waals surface area contributed by atoms with Crippen LogP contribution in [0.25, 0.3) is 0 Å². The number of nitrogens with zero attached hydrogens (tertiary/aromatic N) is 2. The number of allylic oxidation sites excluding steroid dienone is 1. The van der Waals surface area contributed by atoms with Crippen molar-refractivity contribution in [2.75, 3.05) is 0 Å². The second-order valence-corrected chi connectivity index (χ2v) is 7.66. The maximum absolute atomic E-state index is 6.14. The van der Waals surface area contributed by atoms with E-state index >= 15 is 0 Å². The highest BCUT2D eigenvalue weighted by molar-refractivity contribution is 7.99. The van der Waals surface area contributed by atoms with Crippen molar-refractivity contribution in [2.45, 2.75) is 56.0 Å². The highest BCUT2D eigenvalue weighted by Gasteiger charge is 2.19. The Balaban J connectivity index is 2.50. The Labute approximate surface area is 152 Å². The van der Waals surface area contributed by atoms with E-state index < -0.39 is 0 Å². The topological polar surface area (TPSA) is 17.8 Å². The molecule has 23 heavy (non-hydrogen) atoms. The molecule has 2 aromatic rings. The van der Waals surface area contributed by atoms with Crippen LogP contribution in [0, 0.1) is 0 Å². The van der Waals surface area contributed by atoms with Crippen LogP contribution in [-0.4, -0.2) is 9.55 Å². The fourth-order valence-corrected chi connectivity index (χ4v) is 4.34. The Bertz CT molecular complexity index is 672. The van der Waals surface area contributed by atoms with Gasteiger partial charge in [-0.15, -0.1) is 6.58 Å². The van der Waals surface area contributed by atoms with Crippen molar-refractivity contribution in [3.8, 4) is 0 Å². The Morgan fingerprint density at radius 3 is 2.43 bits per heavy atom. The lowest BCUT2D eigenvalue weighted by atomic mass is 10.1. The van der Waals surface area contributed by atoms with Gasteiger partial charge in [0, 0.05) is 27.9 Å². The van der Waals surface area contributed by atoms with E-state index in [0.29, 0.717) is 16.0 Å². The lowest BCUT2D eigenvalue weighted by Crippen LogP contribution is -2.03. The molecule has 1 aromatic carbocycles. The Kier molecular flexibility index (Phi) is 6.63. The van der Waals surface area contributed by atoms with Crippen molar-refractivity contribution in [2.24, 2.45) is 0 Å². The van der Waals surface area contributed by atoms with Crippen LogP contribution in [0.3, 0.4) is 0 Å². The third kappa shape index (κ3) is 4.56. The quantitative estimate of drug-likeness (QED) is 0.512. The zero-order chi connectivity index (χ0) is 17.0. The van der Waals surface area contributed by atoms with Gasteiger partial charge in [-0.25, -0.2) is 4.98 Å². The zero-order valence-electron chi connectivity index (χ0n) is 13.8. The average Bonchev–Trinajstić information content (AvgIpc) is 2.77. The third-order valence-corrected chi connectivity index (χ3v) is 4.94. The predicted molar refractivity (Wildman–Crippen MR) is 101 cm³/mol. The lowest BCUT2D eigenvalue weighted by Gasteiger charge is -2.12. The minimum absolute atomic E-state index is 0.355. The molecule has 5 heteroatoms. The van der Waals surface area contributed by atoms with Crippen LogP contribution in [0.4, 0.5) is 0 Å². The first kappa shape index (κ1) is 18.4. The molecule has 2 rings (SSSR count). The second kappa shape index (κ2) is 8.27. The SMILES string of the molecule is C=CCn1c(CCC)nc(C(C)C)c1Sc1cc(Cl)cc(Cl)c1. The number of rotatable bonds is 7. The van der Waals surface area contributed by atoms with E-state index in [-0.39, 0.29) is 0 Å². The summed E-state index contributed by atoms with van der Waals surface area (Å²) in [6, 6.07) is 5.62. The number of aryl methyl sites for hydroxylation is 1. The number of imidazole rings is 1. The molecule has 0 saturated carbocycles. The second-order valence-electron chi connectivity index (χ2n) is 5.73. The van der Waals surface area contributed by atoms with Gasteiger partial charge < -0.3 is 4.57 Å². The molecule has 0 saturated heterocycles. The lowest BCUT2D eigenvalue weighted by molar-refractivity contribution is 0.670. The molecule has 124 valence electrons. The third-order valence-electron chi connectivity index (χ3n) is 3.41. The summed E-state index contributed by atoms with van der Waals surface area (Å²) in [6.45, 7) is 11.2. The van der Waals surface area contributed by atoms with Gasteiger partial charge in [0.2, 0.25) is 0 Å². The van der Waals surface area contributed by atoms with Crippen molar-refractivity contribution < 1.29 is 0 Å². The molecule has 0 unspecified atom stereocenters. The molecule has 2 nitrogen and oxygen atoms in total. The fraction of sp³-hybridized carbons (Fsp3) is 0.389. The molecule has 0 N–H and O–H groups in total. The largest absolute Gasteiger partial charge is 0.319 e. The predicted octanol–water partition coefficient (Wildman–Crippen LogP) is 6.60. The van der Waals surface area contributed by atoms with Crippen LogP contribution in [0.1, 0.15) is 44.6 Å². The summed E-state index contributed by atoms with van der Waals surface area (Å²) in [4.78, 5) is 5.91. The van der Waals surface area contributed by atoms with Crippen LogP contribution >= 0.6 is 35.0 Å². The van der Waals surface area contributed by atoms with Crippen molar-refractivity contribution in [1.82, 2.24) is 9.55 Å². The van der Waals surface area contributed by atoms with Crippen LogP contribution in [0.2, 0.25) is 10.0 Å². The molecule has 0 fully saturated rings. The van der Waals surface area contributed by atoms with Crippen LogP contribution in [-0.2, 0) is 13.0 Å². The van der Waals surface area contributed by atoms with Crippen molar-refractivity contribution >= 4 is 35.0 Å². The fourth-order valence-electron chi connectivity index (χ4n) is 2.42. The summed E-state index contributed by atoms with van der Waals surface area (Å²) >= 11 is 13.9. The molecular formula is C18H22Cl2N2S. The number of hydrogen-bond acceptors (Lipinski definition) is 2. The maximum atomic E-state index is 6.14. The van der Waals surface area contributed by atoms with Gasteiger partial charge in [0.05, 0.1) is 5.69 Å². The molecule has 0 aliphatic heterocycles. The van der Waals surface area contributed by atoms with Gasteiger partial charge in [0.1, 0.15) is 10.9 Å². The van der Waals surface area contributed by atoms with E-state index in [1.54, 1.807) is 17.8 Å². The minimum Gasteiger partial charge on any atom is -0.319 e. The number of halogens is 2. The summed E-state index contributed by atoms with van der Waals surface area (Å²) in [7, 11) is 0. The molecule has 0 spiro atoms. The number of benzene rings is 1. The van der Waals surface area contributed by atoms with E-state index in [2.05, 4.69) is 31.9 Å². The molecule has 0 atom stereocenters. The van der Waals surface area contributed by atoms with Crippen molar-refractivity contribution in [1.29, 1.82) is 0 Å². The van der Waals surface area contributed by atoms with Crippen molar-refractivity contribution in [3.05, 3.63) is 52.4 Å². The minimum atomic E-state index is 0.355. The summed E-state index contributed by atoms with van der Waals surface area (Å²) in [5.74, 6) is 1.47. The van der Waals surface area contributed by atoms with E-state index in [4.69, 9.17) is 28.2 Å². The Morgan fingerprint density at radius 1 is 1.26 bits per heavy atom. The standard InChI is InChI=1S/C18H22Cl2N2S/c1-5-7-16-21-17(12(3)4)18(22(16)8-6-2)23-15-10-13(19)9-14(20)11-15/h6,9-12H,2,5,7-8H2,1,3-4H3. The van der Waals surface area contributed by atoms with Gasteiger partial charge in [0.15, 0.2) is 0 Å². The monoisotopic (exact) mass is 368 g/mol. The average molecular weight is 369 g/mol. The molecular weight excluding hydrogens is 347 g/mol. The van der Waals surface area contributed by atoms with Gasteiger partial charge in [-0.2, -0.15) is 0 Å². The Hall–Kier alpha value is -0.900. The molecule has 0 radical (unpaired) electrons. The van der Waals surface area contributed by atoms with Gasteiger partial charge in [-0.1, -0.05) is 61.8 Å². The molecule has 0 aliphatic carbocycles. The van der Waals surface area contributed by atoms with E-state index in [1.165, 1.54) is 0 Å². The van der Waals surface area contributed by atoms with Crippen molar-refractivity contribution in [3.63, 3.8) is 0 Å². The first-order valence-electron chi connectivity index (χ1n) is 7.80. The highest BCUT2D eigenvalue weighted by Crippen LogP contribution is 2.37. The molecule has 0 amide bonds. The first-order valence-corrected chi connectivity index (χ1v) is 9.37. The number of hydrogen-bond donors (Lipinski definition) is 0. The summed E-state index contributed by atoms with van der Waals surface area (Å²) in [5.41, 5.74) is 1.12. The molecule has 1 aromatic heterocycles. The van der Waals surface area contributed by atoms with E-state index in [0.717, 1.165) is 40.8 Å². The van der Waals surface area contributed by atoms with Gasteiger partial charge in [-0.3, -0.25) is 0 Å².